The van der Waals surface area contributed by atoms with Crippen LogP contribution in [0.4, 0.5) is 11.4 Å². The summed E-state index contributed by atoms with van der Waals surface area (Å²) >= 11 is 0. The van der Waals surface area contributed by atoms with Gasteiger partial charge in [0.05, 0.1) is 16.6 Å². The number of nitro benzene ring substituents is 1. The number of carbonyl (C=O) groups excluding carboxylic acids is 1. The Hall–Kier alpha value is -2.90. The first-order valence-electron chi connectivity index (χ1n) is 6.18. The summed E-state index contributed by atoms with van der Waals surface area (Å²) in [7, 11) is 0. The number of nitrogens with zero attached hydrogens (tertiary/aromatic N) is 2. The van der Waals surface area contributed by atoms with Crippen LogP contribution >= 0.6 is 0 Å². The van der Waals surface area contributed by atoms with Gasteiger partial charge in [0, 0.05) is 6.07 Å². The molecule has 21 heavy (non-hydrogen) atoms. The van der Waals surface area contributed by atoms with Crippen molar-refractivity contribution >= 4 is 17.3 Å². The average Bonchev–Trinajstić information content (AvgIpc) is 2.79. The average molecular weight is 291 g/mol. The molecule has 2 aromatic rings. The standard InChI is InChI=1S/C13H13N3O5/c1-3-10-12(7(2)21-15-10)14-13(18)9-5-4-8(16(19)20)6-11(9)17/h4-6,17H,3H2,1-2H3,(H,14,18). The normalized spacial score (nSPS) is 10.4. The third kappa shape index (κ3) is 2.83. The summed E-state index contributed by atoms with van der Waals surface area (Å²) in [5.41, 5.74) is 0.671. The van der Waals surface area contributed by atoms with Crippen molar-refractivity contribution in [1.29, 1.82) is 0 Å². The van der Waals surface area contributed by atoms with Crippen LogP contribution in [0.25, 0.3) is 0 Å². The molecule has 1 aromatic heterocycles. The number of aromatic hydroxyl groups is 1. The van der Waals surface area contributed by atoms with E-state index in [4.69, 9.17) is 4.52 Å². The van der Waals surface area contributed by atoms with Crippen molar-refractivity contribution < 1.29 is 19.3 Å². The van der Waals surface area contributed by atoms with Gasteiger partial charge in [0.1, 0.15) is 17.1 Å². The molecular formula is C13H13N3O5. The quantitative estimate of drug-likeness (QED) is 0.659. The molecule has 2 N–H and O–H groups in total. The van der Waals surface area contributed by atoms with Crippen LogP contribution in [0.15, 0.2) is 22.7 Å². The molecule has 8 nitrogen and oxygen atoms in total. The van der Waals surface area contributed by atoms with Gasteiger partial charge >= 0.3 is 0 Å². The minimum atomic E-state index is -0.652. The van der Waals surface area contributed by atoms with Gasteiger partial charge in [-0.2, -0.15) is 0 Å². The van der Waals surface area contributed by atoms with Crippen LogP contribution < -0.4 is 5.32 Å². The maximum Gasteiger partial charge on any atom is 0.273 e. The minimum absolute atomic E-state index is 0.0664. The van der Waals surface area contributed by atoms with Gasteiger partial charge in [0.2, 0.25) is 0 Å². The van der Waals surface area contributed by atoms with Gasteiger partial charge in [0.25, 0.3) is 11.6 Å². The number of rotatable bonds is 4. The smallest absolute Gasteiger partial charge is 0.273 e. The molecule has 1 amide bonds. The van der Waals surface area contributed by atoms with E-state index in [1.807, 2.05) is 6.92 Å². The second-order valence-electron chi connectivity index (χ2n) is 4.33. The van der Waals surface area contributed by atoms with Gasteiger partial charge in [-0.3, -0.25) is 14.9 Å². The fourth-order valence-corrected chi connectivity index (χ4v) is 1.83. The summed E-state index contributed by atoms with van der Waals surface area (Å²) in [6.07, 6.45) is 0.569. The molecule has 2 rings (SSSR count). The zero-order valence-electron chi connectivity index (χ0n) is 11.4. The van der Waals surface area contributed by atoms with Crippen molar-refractivity contribution in [2.75, 3.05) is 5.32 Å². The van der Waals surface area contributed by atoms with E-state index in [1.54, 1.807) is 6.92 Å². The van der Waals surface area contributed by atoms with Crippen LogP contribution in [0.3, 0.4) is 0 Å². The van der Waals surface area contributed by atoms with Crippen LogP contribution in [0.2, 0.25) is 0 Å². The Balaban J connectivity index is 2.28. The zero-order valence-corrected chi connectivity index (χ0v) is 11.4. The van der Waals surface area contributed by atoms with Crippen molar-refractivity contribution in [3.63, 3.8) is 0 Å². The number of amides is 1. The summed E-state index contributed by atoms with van der Waals surface area (Å²) in [5.74, 6) is -0.612. The highest BCUT2D eigenvalue weighted by molar-refractivity contribution is 6.06. The van der Waals surface area contributed by atoms with Crippen LogP contribution in [0.5, 0.6) is 5.75 Å². The van der Waals surface area contributed by atoms with E-state index in [9.17, 15) is 20.0 Å². The molecular weight excluding hydrogens is 278 g/mol. The predicted octanol–water partition coefficient (Wildman–Crippen LogP) is 2.41. The summed E-state index contributed by atoms with van der Waals surface area (Å²) in [4.78, 5) is 22.1. The van der Waals surface area contributed by atoms with Gasteiger partial charge in [-0.1, -0.05) is 12.1 Å². The van der Waals surface area contributed by atoms with Crippen molar-refractivity contribution in [3.05, 3.63) is 45.3 Å². The largest absolute Gasteiger partial charge is 0.507 e. The fourth-order valence-electron chi connectivity index (χ4n) is 1.83. The van der Waals surface area contributed by atoms with E-state index in [-0.39, 0.29) is 11.3 Å². The third-order valence-electron chi connectivity index (χ3n) is 2.94. The number of nitro groups is 1. The first-order chi connectivity index (χ1) is 9.93. The van der Waals surface area contributed by atoms with Crippen molar-refractivity contribution in [2.24, 2.45) is 0 Å². The molecule has 0 radical (unpaired) electrons. The van der Waals surface area contributed by atoms with E-state index in [2.05, 4.69) is 10.5 Å². The molecule has 0 saturated carbocycles. The number of benzene rings is 1. The summed E-state index contributed by atoms with van der Waals surface area (Å²) in [6.45, 7) is 3.51. The van der Waals surface area contributed by atoms with E-state index in [1.165, 1.54) is 6.07 Å². The second kappa shape index (κ2) is 5.61. The number of aromatic nitrogens is 1. The summed E-state index contributed by atoms with van der Waals surface area (Å²) in [5, 5.41) is 26.7. The lowest BCUT2D eigenvalue weighted by molar-refractivity contribution is -0.384. The lowest BCUT2D eigenvalue weighted by atomic mass is 10.1. The molecule has 0 unspecified atom stereocenters. The Morgan fingerprint density at radius 2 is 2.24 bits per heavy atom. The SMILES string of the molecule is CCc1noc(C)c1NC(=O)c1ccc([N+](=O)[O-])cc1O. The summed E-state index contributed by atoms with van der Waals surface area (Å²) < 4.78 is 4.99. The van der Waals surface area contributed by atoms with E-state index in [0.717, 1.165) is 12.1 Å². The minimum Gasteiger partial charge on any atom is -0.507 e. The molecule has 0 aliphatic carbocycles. The molecule has 0 fully saturated rings. The highest BCUT2D eigenvalue weighted by Gasteiger charge is 2.19. The zero-order chi connectivity index (χ0) is 15.6. The van der Waals surface area contributed by atoms with Gasteiger partial charge in [-0.15, -0.1) is 0 Å². The van der Waals surface area contributed by atoms with Crippen LogP contribution in [0, 0.1) is 17.0 Å². The van der Waals surface area contributed by atoms with Crippen molar-refractivity contribution in [1.82, 2.24) is 5.16 Å². The highest BCUT2D eigenvalue weighted by Crippen LogP contribution is 2.26. The molecule has 0 aliphatic heterocycles. The maximum absolute atomic E-state index is 12.1. The van der Waals surface area contributed by atoms with Gasteiger partial charge < -0.3 is 14.9 Å². The molecule has 0 aliphatic rings. The molecule has 1 aromatic carbocycles. The topological polar surface area (TPSA) is 119 Å². The maximum atomic E-state index is 12.1. The second-order valence-corrected chi connectivity index (χ2v) is 4.33. The van der Waals surface area contributed by atoms with Gasteiger partial charge in [0.15, 0.2) is 5.76 Å². The number of phenols is 1. The van der Waals surface area contributed by atoms with Crippen molar-refractivity contribution in [3.8, 4) is 5.75 Å². The molecule has 8 heteroatoms. The molecule has 110 valence electrons. The van der Waals surface area contributed by atoms with Crippen LogP contribution in [-0.2, 0) is 6.42 Å². The number of hydrogen-bond donors (Lipinski definition) is 2. The number of hydrogen-bond acceptors (Lipinski definition) is 6. The van der Waals surface area contributed by atoms with Crippen LogP contribution in [0.1, 0.15) is 28.7 Å². The molecule has 0 atom stereocenters. The number of phenolic OH excluding ortho intramolecular Hbond substituents is 1. The number of non-ortho nitro benzene ring substituents is 1. The van der Waals surface area contributed by atoms with Gasteiger partial charge in [-0.05, 0) is 19.4 Å². The van der Waals surface area contributed by atoms with Crippen LogP contribution in [-0.4, -0.2) is 21.1 Å². The molecule has 1 heterocycles. The van der Waals surface area contributed by atoms with Crippen molar-refractivity contribution in [2.45, 2.75) is 20.3 Å². The van der Waals surface area contributed by atoms with E-state index < -0.39 is 16.6 Å². The molecule has 0 bridgehead atoms. The Morgan fingerprint density at radius 3 is 2.81 bits per heavy atom. The lowest BCUT2D eigenvalue weighted by Gasteiger charge is -2.06. The number of nitrogens with one attached hydrogen (secondary N) is 1. The number of aryl methyl sites for hydroxylation is 2. The number of anilines is 1. The monoisotopic (exact) mass is 291 g/mol. The Morgan fingerprint density at radius 1 is 1.52 bits per heavy atom. The fraction of sp³-hybridized carbons (Fsp3) is 0.231. The first-order valence-corrected chi connectivity index (χ1v) is 6.18. The summed E-state index contributed by atoms with van der Waals surface area (Å²) in [6, 6.07) is 3.27. The Labute approximate surface area is 119 Å². The first kappa shape index (κ1) is 14.5. The predicted molar refractivity (Wildman–Crippen MR) is 73.3 cm³/mol. The Kier molecular flexibility index (Phi) is 3.88. The highest BCUT2D eigenvalue weighted by atomic mass is 16.6. The third-order valence-corrected chi connectivity index (χ3v) is 2.94. The molecule has 0 spiro atoms. The van der Waals surface area contributed by atoms with E-state index >= 15 is 0 Å². The Bertz CT molecular complexity index is 708. The van der Waals surface area contributed by atoms with Gasteiger partial charge in [-0.25, -0.2) is 0 Å². The molecule has 0 saturated heterocycles. The number of carbonyl (C=O) groups is 1. The van der Waals surface area contributed by atoms with E-state index in [0.29, 0.717) is 23.6 Å². The lowest BCUT2D eigenvalue weighted by Crippen LogP contribution is -2.13.